The zero-order valence-corrected chi connectivity index (χ0v) is 17.5. The minimum Gasteiger partial charge on any atom is -0.475 e. The molecule has 6 heteroatoms. The van der Waals surface area contributed by atoms with Crippen LogP contribution in [0.1, 0.15) is 59.3 Å². The summed E-state index contributed by atoms with van der Waals surface area (Å²) in [5.41, 5.74) is -0.606. The van der Waals surface area contributed by atoms with Crippen molar-refractivity contribution in [2.75, 3.05) is 6.61 Å². The minimum absolute atomic E-state index is 0.0823. The Hall–Kier alpha value is -1.53. The number of rotatable bonds is 2. The second-order valence-electron chi connectivity index (χ2n) is 10.4. The van der Waals surface area contributed by atoms with Crippen molar-refractivity contribution >= 4 is 17.5 Å². The predicted molar refractivity (Wildman–Crippen MR) is 106 cm³/mol. The van der Waals surface area contributed by atoms with Crippen LogP contribution in [0.25, 0.3) is 0 Å². The third-order valence-electron chi connectivity index (χ3n) is 9.31. The third-order valence-corrected chi connectivity index (χ3v) is 9.31. The highest BCUT2D eigenvalue weighted by Gasteiger charge is 2.74. The highest BCUT2D eigenvalue weighted by molar-refractivity contribution is 5.96. The van der Waals surface area contributed by atoms with Crippen molar-refractivity contribution in [2.24, 2.45) is 33.6 Å². The van der Waals surface area contributed by atoms with Gasteiger partial charge in [-0.25, -0.2) is 4.99 Å². The zero-order valence-electron chi connectivity index (χ0n) is 17.5. The molecular weight excluding hydrogens is 370 g/mol. The van der Waals surface area contributed by atoms with Crippen LogP contribution < -0.4 is 0 Å². The van der Waals surface area contributed by atoms with Gasteiger partial charge in [0.1, 0.15) is 12.7 Å². The van der Waals surface area contributed by atoms with Crippen LogP contribution in [0.4, 0.5) is 0 Å². The smallest absolute Gasteiger partial charge is 0.190 e. The first-order chi connectivity index (χ1) is 13.7. The fourth-order valence-electron chi connectivity index (χ4n) is 8.17. The number of fused-ring (bicyclic) bond motifs is 7. The average Bonchev–Trinajstić information content (AvgIpc) is 3.12. The van der Waals surface area contributed by atoms with Gasteiger partial charge in [-0.2, -0.15) is 0 Å². The third kappa shape index (κ3) is 2.22. The Labute approximate surface area is 171 Å². The number of carbonyl (C=O) groups excluding carboxylic acids is 2. The monoisotopic (exact) mass is 401 g/mol. The van der Waals surface area contributed by atoms with Crippen LogP contribution in [0, 0.1) is 28.6 Å². The molecule has 8 atom stereocenters. The van der Waals surface area contributed by atoms with Gasteiger partial charge < -0.3 is 14.9 Å². The van der Waals surface area contributed by atoms with Gasteiger partial charge in [0.15, 0.2) is 23.0 Å². The van der Waals surface area contributed by atoms with Gasteiger partial charge >= 0.3 is 0 Å². The molecule has 0 aromatic rings. The summed E-state index contributed by atoms with van der Waals surface area (Å²) in [7, 11) is 0. The highest BCUT2D eigenvalue weighted by Crippen LogP contribution is 2.69. The molecule has 1 aliphatic heterocycles. The number of hydrogen-bond acceptors (Lipinski definition) is 6. The van der Waals surface area contributed by atoms with E-state index in [1.165, 1.54) is 5.57 Å². The fourth-order valence-corrected chi connectivity index (χ4v) is 8.17. The molecule has 0 bridgehead atoms. The molecule has 29 heavy (non-hydrogen) atoms. The Balaban J connectivity index is 1.60. The molecule has 4 aliphatic carbocycles. The SMILES string of the molecule is CC1=NC2(C(=O)CO)C(CC3C4CCC5=CC(=O)CCC5(C)C4C(O)CC32C)O1. The number of hydrogen-bond donors (Lipinski definition) is 2. The summed E-state index contributed by atoms with van der Waals surface area (Å²) < 4.78 is 6.01. The lowest BCUT2D eigenvalue weighted by Gasteiger charge is -2.60. The van der Waals surface area contributed by atoms with Crippen molar-refractivity contribution in [3.05, 3.63) is 11.6 Å². The van der Waals surface area contributed by atoms with E-state index in [-0.39, 0.29) is 40.8 Å². The molecule has 0 aromatic carbocycles. The van der Waals surface area contributed by atoms with Crippen LogP contribution in [-0.4, -0.2) is 52.0 Å². The fraction of sp³-hybridized carbons (Fsp3) is 0.783. The summed E-state index contributed by atoms with van der Waals surface area (Å²) >= 11 is 0. The topological polar surface area (TPSA) is 96.2 Å². The molecule has 0 radical (unpaired) electrons. The largest absolute Gasteiger partial charge is 0.475 e. The molecule has 5 aliphatic rings. The van der Waals surface area contributed by atoms with Gasteiger partial charge in [-0.15, -0.1) is 0 Å². The lowest BCUT2D eigenvalue weighted by Crippen LogP contribution is -2.62. The Bertz CT molecular complexity index is 848. The normalized spacial score (nSPS) is 50.5. The average molecular weight is 402 g/mol. The van der Waals surface area contributed by atoms with E-state index in [1.807, 2.05) is 6.08 Å². The maximum atomic E-state index is 13.1. The van der Waals surface area contributed by atoms with Crippen LogP contribution in [0.2, 0.25) is 0 Å². The van der Waals surface area contributed by atoms with Gasteiger partial charge in [0.05, 0.1) is 6.10 Å². The highest BCUT2D eigenvalue weighted by atomic mass is 16.5. The van der Waals surface area contributed by atoms with Gasteiger partial charge in [0, 0.05) is 18.8 Å². The summed E-state index contributed by atoms with van der Waals surface area (Å²) in [5.74, 6) is 0.947. The van der Waals surface area contributed by atoms with Crippen molar-refractivity contribution < 1.29 is 24.5 Å². The number of carbonyl (C=O) groups is 2. The molecule has 5 rings (SSSR count). The molecular formula is C23H31NO5. The van der Waals surface area contributed by atoms with Gasteiger partial charge in [-0.1, -0.05) is 19.4 Å². The van der Waals surface area contributed by atoms with Crippen LogP contribution >= 0.6 is 0 Å². The molecule has 1 heterocycles. The Morgan fingerprint density at radius 3 is 2.83 bits per heavy atom. The number of ether oxygens (including phenoxy) is 1. The summed E-state index contributed by atoms with van der Waals surface area (Å²) in [6.45, 7) is 5.50. The maximum absolute atomic E-state index is 13.1. The second kappa shape index (κ2) is 6.01. The first kappa shape index (κ1) is 19.4. The molecule has 8 unspecified atom stereocenters. The summed E-state index contributed by atoms with van der Waals surface area (Å²) in [5, 5.41) is 21.2. The minimum atomic E-state index is -1.10. The summed E-state index contributed by atoms with van der Waals surface area (Å²) in [4.78, 5) is 29.8. The summed E-state index contributed by atoms with van der Waals surface area (Å²) in [6.07, 6.45) is 5.21. The van der Waals surface area contributed by atoms with Crippen molar-refractivity contribution in [2.45, 2.75) is 77.0 Å². The molecule has 2 N–H and O–H groups in total. The lowest BCUT2D eigenvalue weighted by molar-refractivity contribution is -0.150. The molecule has 0 amide bonds. The van der Waals surface area contributed by atoms with E-state index in [4.69, 9.17) is 9.73 Å². The Morgan fingerprint density at radius 2 is 2.10 bits per heavy atom. The quantitative estimate of drug-likeness (QED) is 0.740. The van der Waals surface area contributed by atoms with Gasteiger partial charge in [0.2, 0.25) is 0 Å². The number of Topliss-reactive ketones (excluding diaryl/α,β-unsaturated/α-hetero) is 1. The van der Waals surface area contributed by atoms with Crippen LogP contribution in [0.15, 0.2) is 16.6 Å². The Kier molecular flexibility index (Phi) is 4.03. The van der Waals surface area contributed by atoms with E-state index in [0.29, 0.717) is 18.7 Å². The van der Waals surface area contributed by atoms with Gasteiger partial charge in [0.25, 0.3) is 0 Å². The van der Waals surface area contributed by atoms with E-state index < -0.39 is 23.7 Å². The standard InChI is InChI=1S/C23H31NO5/c1-12-24-23(18(28)11-25)19(29-12)9-16-15-5-4-13-8-14(26)6-7-21(13,2)20(15)17(27)10-22(16,23)3/h8,15-17,19-20,25,27H,4-7,9-11H2,1-3H3. The summed E-state index contributed by atoms with van der Waals surface area (Å²) in [6, 6.07) is 0. The molecule has 3 saturated carbocycles. The molecule has 158 valence electrons. The number of allylic oxidation sites excluding steroid dienone is 1. The lowest BCUT2D eigenvalue weighted by atomic mass is 9.45. The van der Waals surface area contributed by atoms with Crippen molar-refractivity contribution in [1.82, 2.24) is 0 Å². The van der Waals surface area contributed by atoms with E-state index in [0.717, 1.165) is 25.7 Å². The molecule has 3 fully saturated rings. The van der Waals surface area contributed by atoms with E-state index in [1.54, 1.807) is 6.92 Å². The predicted octanol–water partition coefficient (Wildman–Crippen LogP) is 2.22. The molecule has 0 spiro atoms. The number of aliphatic imine (C=N–C) groups is 1. The molecule has 6 nitrogen and oxygen atoms in total. The first-order valence-electron chi connectivity index (χ1n) is 11.0. The van der Waals surface area contributed by atoms with E-state index in [9.17, 15) is 19.8 Å². The van der Waals surface area contributed by atoms with E-state index in [2.05, 4.69) is 13.8 Å². The number of ketones is 2. The Morgan fingerprint density at radius 1 is 1.34 bits per heavy atom. The van der Waals surface area contributed by atoms with Crippen molar-refractivity contribution in [1.29, 1.82) is 0 Å². The van der Waals surface area contributed by atoms with Crippen LogP contribution in [-0.2, 0) is 14.3 Å². The van der Waals surface area contributed by atoms with Crippen molar-refractivity contribution in [3.63, 3.8) is 0 Å². The van der Waals surface area contributed by atoms with Crippen LogP contribution in [0.5, 0.6) is 0 Å². The van der Waals surface area contributed by atoms with Gasteiger partial charge in [-0.05, 0) is 61.3 Å². The van der Waals surface area contributed by atoms with E-state index >= 15 is 0 Å². The number of nitrogens with zero attached hydrogens (tertiary/aromatic N) is 1. The number of aliphatic hydroxyl groups excluding tert-OH is 2. The first-order valence-corrected chi connectivity index (χ1v) is 11.0. The van der Waals surface area contributed by atoms with Crippen LogP contribution in [0.3, 0.4) is 0 Å². The maximum Gasteiger partial charge on any atom is 0.190 e. The molecule has 0 aromatic heterocycles. The van der Waals surface area contributed by atoms with Crippen molar-refractivity contribution in [3.8, 4) is 0 Å². The molecule has 0 saturated heterocycles. The second-order valence-corrected chi connectivity index (χ2v) is 10.4. The zero-order chi connectivity index (χ0) is 20.8. The number of aliphatic hydroxyl groups is 2. The van der Waals surface area contributed by atoms with Gasteiger partial charge in [-0.3, -0.25) is 9.59 Å².